The molecule has 0 saturated carbocycles. The lowest BCUT2D eigenvalue weighted by molar-refractivity contribution is 0.407. The topological polar surface area (TPSA) is 45.4 Å². The van der Waals surface area contributed by atoms with Crippen molar-refractivity contribution in [3.05, 3.63) is 54.5 Å². The fourth-order valence-corrected chi connectivity index (χ4v) is 2.44. The number of likely N-dealkylation sites (N-methyl/N-ethyl adjacent to an activating group) is 1. The number of furan rings is 1. The molecule has 0 aliphatic rings. The summed E-state index contributed by atoms with van der Waals surface area (Å²) in [5.41, 5.74) is 0.727. The Morgan fingerprint density at radius 1 is 1.13 bits per heavy atom. The molecule has 0 unspecified atom stereocenters. The van der Waals surface area contributed by atoms with Crippen LogP contribution in [0.4, 0.5) is 10.2 Å². The second-order valence-electron chi connectivity index (χ2n) is 5.66. The Labute approximate surface area is 134 Å². The van der Waals surface area contributed by atoms with E-state index in [1.165, 1.54) is 18.5 Å². The molecule has 0 N–H and O–H groups in total. The first-order valence-corrected chi connectivity index (χ1v) is 7.46. The highest BCUT2D eigenvalue weighted by Gasteiger charge is 2.15. The number of rotatable bonds is 6. The molecule has 0 spiro atoms. The summed E-state index contributed by atoms with van der Waals surface area (Å²) in [6.45, 7) is 2.17. The van der Waals surface area contributed by atoms with Crippen LogP contribution in [-0.2, 0) is 6.54 Å². The third-order valence-corrected chi connectivity index (χ3v) is 3.62. The SMILES string of the molecule is CN(C)CCN(Cc1ccco1)c1ncnc2ccc(F)cc12. The average molecular weight is 314 g/mol. The molecule has 1 aromatic carbocycles. The van der Waals surface area contributed by atoms with Crippen LogP contribution in [0.5, 0.6) is 0 Å². The molecule has 2 heterocycles. The Kier molecular flexibility index (Phi) is 4.52. The van der Waals surface area contributed by atoms with Crippen molar-refractivity contribution in [2.75, 3.05) is 32.1 Å². The zero-order valence-electron chi connectivity index (χ0n) is 13.2. The lowest BCUT2D eigenvalue weighted by atomic mass is 10.2. The van der Waals surface area contributed by atoms with Crippen molar-refractivity contribution in [2.45, 2.75) is 6.54 Å². The van der Waals surface area contributed by atoms with E-state index in [-0.39, 0.29) is 5.82 Å². The van der Waals surface area contributed by atoms with E-state index in [0.717, 1.165) is 24.4 Å². The maximum absolute atomic E-state index is 13.7. The minimum absolute atomic E-state index is 0.292. The molecule has 0 radical (unpaired) electrons. The van der Waals surface area contributed by atoms with Gasteiger partial charge in [-0.3, -0.25) is 0 Å². The zero-order chi connectivity index (χ0) is 16.2. The number of hydrogen-bond acceptors (Lipinski definition) is 5. The number of aromatic nitrogens is 2. The monoisotopic (exact) mass is 314 g/mol. The third kappa shape index (κ3) is 3.65. The van der Waals surface area contributed by atoms with E-state index in [0.29, 0.717) is 17.7 Å². The minimum atomic E-state index is -0.292. The van der Waals surface area contributed by atoms with E-state index in [1.807, 2.05) is 26.2 Å². The second-order valence-corrected chi connectivity index (χ2v) is 5.66. The van der Waals surface area contributed by atoms with Crippen LogP contribution < -0.4 is 4.90 Å². The molecule has 120 valence electrons. The Morgan fingerprint density at radius 3 is 2.74 bits per heavy atom. The van der Waals surface area contributed by atoms with E-state index in [9.17, 15) is 4.39 Å². The Balaban J connectivity index is 1.99. The molecular formula is C17H19FN4O. The molecule has 3 aromatic rings. The molecule has 0 saturated heterocycles. The Hall–Kier alpha value is -2.47. The summed E-state index contributed by atoms with van der Waals surface area (Å²) in [5.74, 6) is 1.26. The molecule has 0 amide bonds. The van der Waals surface area contributed by atoms with Crippen molar-refractivity contribution in [3.63, 3.8) is 0 Å². The van der Waals surface area contributed by atoms with Crippen LogP contribution in [0.15, 0.2) is 47.3 Å². The van der Waals surface area contributed by atoms with Crippen LogP contribution in [0, 0.1) is 5.82 Å². The molecular weight excluding hydrogens is 295 g/mol. The van der Waals surface area contributed by atoms with Crippen LogP contribution in [0.3, 0.4) is 0 Å². The highest BCUT2D eigenvalue weighted by molar-refractivity contribution is 5.89. The summed E-state index contributed by atoms with van der Waals surface area (Å²) in [6, 6.07) is 8.35. The lowest BCUT2D eigenvalue weighted by Gasteiger charge is -2.25. The van der Waals surface area contributed by atoms with Crippen LogP contribution in [0.1, 0.15) is 5.76 Å². The largest absolute Gasteiger partial charge is 0.467 e. The number of anilines is 1. The first kappa shape index (κ1) is 15.4. The van der Waals surface area contributed by atoms with Crippen molar-refractivity contribution in [2.24, 2.45) is 0 Å². The van der Waals surface area contributed by atoms with Crippen molar-refractivity contribution in [1.29, 1.82) is 0 Å². The Morgan fingerprint density at radius 2 is 2.00 bits per heavy atom. The summed E-state index contributed by atoms with van der Waals surface area (Å²) in [4.78, 5) is 12.8. The van der Waals surface area contributed by atoms with E-state index < -0.39 is 0 Å². The quantitative estimate of drug-likeness (QED) is 0.700. The molecule has 0 atom stereocenters. The van der Waals surface area contributed by atoms with Crippen molar-refractivity contribution < 1.29 is 8.81 Å². The van der Waals surface area contributed by atoms with Gasteiger partial charge in [-0.25, -0.2) is 14.4 Å². The molecule has 0 fully saturated rings. The normalized spacial score (nSPS) is 11.3. The summed E-state index contributed by atoms with van der Waals surface area (Å²) >= 11 is 0. The van der Waals surface area contributed by atoms with Gasteiger partial charge < -0.3 is 14.2 Å². The molecule has 0 aliphatic heterocycles. The number of nitrogens with zero attached hydrogens (tertiary/aromatic N) is 4. The van der Waals surface area contributed by atoms with Gasteiger partial charge in [-0.05, 0) is 44.4 Å². The van der Waals surface area contributed by atoms with Crippen molar-refractivity contribution in [3.8, 4) is 0 Å². The molecule has 23 heavy (non-hydrogen) atoms. The predicted octanol–water partition coefficient (Wildman–Crippen LogP) is 2.93. The van der Waals surface area contributed by atoms with E-state index in [2.05, 4.69) is 19.8 Å². The predicted molar refractivity (Wildman–Crippen MR) is 87.8 cm³/mol. The third-order valence-electron chi connectivity index (χ3n) is 3.62. The van der Waals surface area contributed by atoms with E-state index >= 15 is 0 Å². The van der Waals surface area contributed by atoms with Crippen molar-refractivity contribution in [1.82, 2.24) is 14.9 Å². The van der Waals surface area contributed by atoms with Crippen LogP contribution in [0.2, 0.25) is 0 Å². The highest BCUT2D eigenvalue weighted by atomic mass is 19.1. The number of hydrogen-bond donors (Lipinski definition) is 0. The van der Waals surface area contributed by atoms with Gasteiger partial charge in [-0.1, -0.05) is 0 Å². The van der Waals surface area contributed by atoms with E-state index in [4.69, 9.17) is 4.42 Å². The molecule has 3 rings (SSSR count). The van der Waals surface area contributed by atoms with Gasteiger partial charge in [0.2, 0.25) is 0 Å². The van der Waals surface area contributed by atoms with Gasteiger partial charge in [0.25, 0.3) is 0 Å². The van der Waals surface area contributed by atoms with Gasteiger partial charge in [-0.15, -0.1) is 0 Å². The maximum Gasteiger partial charge on any atom is 0.140 e. The van der Waals surface area contributed by atoms with Gasteiger partial charge in [0, 0.05) is 18.5 Å². The molecule has 2 aromatic heterocycles. The zero-order valence-corrected chi connectivity index (χ0v) is 13.2. The molecule has 5 nitrogen and oxygen atoms in total. The lowest BCUT2D eigenvalue weighted by Crippen LogP contribution is -2.32. The summed E-state index contributed by atoms with van der Waals surface area (Å²) in [7, 11) is 4.03. The standard InChI is InChI=1S/C17H19FN4O/c1-21(2)7-8-22(11-14-4-3-9-23-14)17-15-10-13(18)5-6-16(15)19-12-20-17/h3-6,9-10,12H,7-8,11H2,1-2H3. The summed E-state index contributed by atoms with van der Waals surface area (Å²) < 4.78 is 19.1. The number of halogens is 1. The summed E-state index contributed by atoms with van der Waals surface area (Å²) in [5, 5.41) is 0.706. The fourth-order valence-electron chi connectivity index (χ4n) is 2.44. The van der Waals surface area contributed by atoms with Crippen LogP contribution in [0.25, 0.3) is 10.9 Å². The van der Waals surface area contributed by atoms with Crippen LogP contribution in [-0.4, -0.2) is 42.1 Å². The average Bonchev–Trinajstić information content (AvgIpc) is 3.04. The molecule has 6 heteroatoms. The van der Waals surface area contributed by atoms with Gasteiger partial charge >= 0.3 is 0 Å². The van der Waals surface area contributed by atoms with Gasteiger partial charge in [-0.2, -0.15) is 0 Å². The van der Waals surface area contributed by atoms with Gasteiger partial charge in [0.1, 0.15) is 23.7 Å². The first-order valence-electron chi connectivity index (χ1n) is 7.46. The molecule has 0 aliphatic carbocycles. The van der Waals surface area contributed by atoms with Gasteiger partial charge in [0.05, 0.1) is 18.3 Å². The maximum atomic E-state index is 13.7. The van der Waals surface area contributed by atoms with Gasteiger partial charge in [0.15, 0.2) is 0 Å². The minimum Gasteiger partial charge on any atom is -0.467 e. The second kappa shape index (κ2) is 6.75. The highest BCUT2D eigenvalue weighted by Crippen LogP contribution is 2.25. The Bertz CT molecular complexity index is 773. The number of benzene rings is 1. The van der Waals surface area contributed by atoms with E-state index in [1.54, 1.807) is 12.3 Å². The molecule has 0 bridgehead atoms. The van der Waals surface area contributed by atoms with Crippen LogP contribution >= 0.6 is 0 Å². The number of fused-ring (bicyclic) bond motifs is 1. The fraction of sp³-hybridized carbons (Fsp3) is 0.294. The smallest absolute Gasteiger partial charge is 0.140 e. The summed E-state index contributed by atoms with van der Waals surface area (Å²) in [6.07, 6.45) is 3.16. The first-order chi connectivity index (χ1) is 11.1. The van der Waals surface area contributed by atoms with Crippen molar-refractivity contribution >= 4 is 16.7 Å².